The summed E-state index contributed by atoms with van der Waals surface area (Å²) in [5.74, 6) is 2.29. The van der Waals surface area contributed by atoms with Crippen LogP contribution in [0, 0.1) is 5.92 Å². The predicted octanol–water partition coefficient (Wildman–Crippen LogP) is 3.22. The van der Waals surface area contributed by atoms with Crippen LogP contribution in [0.5, 0.6) is 5.75 Å². The van der Waals surface area contributed by atoms with Gasteiger partial charge in [0.25, 0.3) is 0 Å². The van der Waals surface area contributed by atoms with E-state index in [0.29, 0.717) is 18.1 Å². The lowest BCUT2D eigenvalue weighted by molar-refractivity contribution is 0.0168. The van der Waals surface area contributed by atoms with E-state index in [9.17, 15) is 0 Å². The highest BCUT2D eigenvalue weighted by Crippen LogP contribution is 2.35. The zero-order valence-corrected chi connectivity index (χ0v) is 20.1. The van der Waals surface area contributed by atoms with Crippen molar-refractivity contribution in [2.24, 2.45) is 10.9 Å². The second-order valence-electron chi connectivity index (χ2n) is 8.81. The van der Waals surface area contributed by atoms with Gasteiger partial charge < -0.3 is 24.8 Å². The Morgan fingerprint density at radius 1 is 1.19 bits per heavy atom. The van der Waals surface area contributed by atoms with Gasteiger partial charge in [-0.3, -0.25) is 9.89 Å². The second kappa shape index (κ2) is 13.7. The molecule has 2 aliphatic rings. The van der Waals surface area contributed by atoms with Crippen molar-refractivity contribution >= 4 is 5.96 Å². The largest absolute Gasteiger partial charge is 0.497 e. The third kappa shape index (κ3) is 7.64. The Hall–Kier alpha value is -1.83. The minimum Gasteiger partial charge on any atom is -0.497 e. The highest BCUT2D eigenvalue weighted by atomic mass is 16.5. The monoisotopic (exact) mass is 446 g/mol. The van der Waals surface area contributed by atoms with Crippen LogP contribution in [-0.2, 0) is 9.47 Å². The van der Waals surface area contributed by atoms with Gasteiger partial charge in [-0.15, -0.1) is 0 Å². The van der Waals surface area contributed by atoms with Crippen molar-refractivity contribution in [2.75, 3.05) is 60.2 Å². The summed E-state index contributed by atoms with van der Waals surface area (Å²) in [6, 6.07) is 8.90. The van der Waals surface area contributed by atoms with Crippen LogP contribution in [0.25, 0.3) is 0 Å². The molecule has 0 amide bonds. The Kier molecular flexibility index (Phi) is 10.6. The van der Waals surface area contributed by atoms with Crippen LogP contribution in [0.1, 0.15) is 50.6 Å². The molecule has 32 heavy (non-hydrogen) atoms. The number of methoxy groups -OCH3 is 1. The maximum absolute atomic E-state index is 5.77. The molecule has 0 saturated carbocycles. The summed E-state index contributed by atoms with van der Waals surface area (Å²) in [5.41, 5.74) is 1.34. The molecule has 1 aromatic rings. The molecule has 180 valence electrons. The molecule has 2 N–H and O–H groups in total. The lowest BCUT2D eigenvalue weighted by Crippen LogP contribution is -2.40. The number of benzene rings is 1. The van der Waals surface area contributed by atoms with Crippen molar-refractivity contribution in [3.8, 4) is 5.75 Å². The number of nitrogens with zero attached hydrogens (tertiary/aromatic N) is 2. The van der Waals surface area contributed by atoms with Gasteiger partial charge >= 0.3 is 0 Å². The number of piperidine rings is 1. The van der Waals surface area contributed by atoms with Crippen molar-refractivity contribution in [1.82, 2.24) is 15.5 Å². The Bertz CT molecular complexity index is 676. The van der Waals surface area contributed by atoms with E-state index in [1.54, 1.807) is 7.11 Å². The zero-order valence-electron chi connectivity index (χ0n) is 20.1. The lowest BCUT2D eigenvalue weighted by atomic mass is 9.85. The van der Waals surface area contributed by atoms with Crippen LogP contribution < -0.4 is 15.4 Å². The van der Waals surface area contributed by atoms with Crippen molar-refractivity contribution in [1.29, 1.82) is 0 Å². The first-order chi connectivity index (χ1) is 15.7. The molecule has 0 spiro atoms. The fraction of sp³-hybridized carbons (Fsp3) is 0.720. The zero-order chi connectivity index (χ0) is 22.6. The maximum Gasteiger partial charge on any atom is 0.191 e. The standard InChI is InChI=1S/C25H42N4O3/c1-4-26-25(27-14-7-16-31-19-23-9-6-17-32-23)28-18-21-8-5-15-29(2)24(21)20-10-12-22(30-3)13-11-20/h10-13,21,23-24H,4-9,14-19H2,1-3H3,(H2,26,27,28). The average molecular weight is 447 g/mol. The first kappa shape index (κ1) is 24.8. The van der Waals surface area contributed by atoms with Gasteiger partial charge in [0.15, 0.2) is 5.96 Å². The molecule has 2 aliphatic heterocycles. The second-order valence-corrected chi connectivity index (χ2v) is 8.81. The summed E-state index contributed by atoms with van der Waals surface area (Å²) in [6.45, 7) is 8.10. The van der Waals surface area contributed by atoms with Gasteiger partial charge in [-0.25, -0.2) is 0 Å². The lowest BCUT2D eigenvalue weighted by Gasteiger charge is -2.39. The van der Waals surface area contributed by atoms with Crippen LogP contribution in [0.4, 0.5) is 0 Å². The summed E-state index contributed by atoms with van der Waals surface area (Å²) in [5, 5.41) is 6.85. The number of ether oxygens (including phenoxy) is 3. The smallest absolute Gasteiger partial charge is 0.191 e. The maximum atomic E-state index is 5.77. The summed E-state index contributed by atoms with van der Waals surface area (Å²) < 4.78 is 16.7. The molecule has 7 heteroatoms. The third-order valence-electron chi connectivity index (χ3n) is 6.38. The van der Waals surface area contributed by atoms with E-state index in [4.69, 9.17) is 19.2 Å². The van der Waals surface area contributed by atoms with Gasteiger partial charge in [-0.1, -0.05) is 12.1 Å². The molecule has 2 saturated heterocycles. The third-order valence-corrected chi connectivity index (χ3v) is 6.38. The van der Waals surface area contributed by atoms with Crippen LogP contribution in [0.15, 0.2) is 29.3 Å². The molecular formula is C25H42N4O3. The Morgan fingerprint density at radius 3 is 2.75 bits per heavy atom. The minimum atomic E-state index is 0.300. The molecule has 3 unspecified atom stereocenters. The topological polar surface area (TPSA) is 67.4 Å². The van der Waals surface area contributed by atoms with Gasteiger partial charge in [0.1, 0.15) is 5.75 Å². The molecular weight excluding hydrogens is 404 g/mol. The summed E-state index contributed by atoms with van der Waals surface area (Å²) in [4.78, 5) is 7.41. The fourth-order valence-corrected chi connectivity index (χ4v) is 4.70. The molecule has 0 bridgehead atoms. The fourth-order valence-electron chi connectivity index (χ4n) is 4.70. The van der Waals surface area contributed by atoms with E-state index < -0.39 is 0 Å². The quantitative estimate of drug-likeness (QED) is 0.309. The number of likely N-dealkylation sites (tertiary alicyclic amines) is 1. The van der Waals surface area contributed by atoms with Crippen molar-refractivity contribution in [3.63, 3.8) is 0 Å². The van der Waals surface area contributed by atoms with Crippen molar-refractivity contribution in [3.05, 3.63) is 29.8 Å². The van der Waals surface area contributed by atoms with E-state index >= 15 is 0 Å². The van der Waals surface area contributed by atoms with Crippen molar-refractivity contribution in [2.45, 2.75) is 51.2 Å². The van der Waals surface area contributed by atoms with Crippen LogP contribution in [0.3, 0.4) is 0 Å². The molecule has 3 rings (SSSR count). The number of hydrogen-bond acceptors (Lipinski definition) is 5. The normalized spacial score (nSPS) is 24.5. The number of hydrogen-bond donors (Lipinski definition) is 2. The summed E-state index contributed by atoms with van der Waals surface area (Å²) >= 11 is 0. The molecule has 0 aromatic heterocycles. The van der Waals surface area contributed by atoms with E-state index in [1.165, 1.54) is 18.4 Å². The average Bonchev–Trinajstić information content (AvgIpc) is 3.33. The van der Waals surface area contributed by atoms with Gasteiger partial charge in [0.05, 0.1) is 19.8 Å². The molecule has 1 aromatic carbocycles. The predicted molar refractivity (Wildman–Crippen MR) is 129 cm³/mol. The highest BCUT2D eigenvalue weighted by molar-refractivity contribution is 5.79. The van der Waals surface area contributed by atoms with Gasteiger partial charge in [0, 0.05) is 38.9 Å². The molecule has 0 radical (unpaired) electrons. The SMILES string of the molecule is CCNC(=NCC1CCCN(C)C1c1ccc(OC)cc1)NCCCOCC1CCCO1. The number of nitrogens with one attached hydrogen (secondary N) is 2. The van der Waals surface area contributed by atoms with E-state index in [1.807, 2.05) is 0 Å². The number of guanidine groups is 1. The van der Waals surface area contributed by atoms with Crippen molar-refractivity contribution < 1.29 is 14.2 Å². The van der Waals surface area contributed by atoms with Crippen LogP contribution in [-0.4, -0.2) is 77.1 Å². The van der Waals surface area contributed by atoms with Crippen LogP contribution in [0.2, 0.25) is 0 Å². The molecule has 2 heterocycles. The minimum absolute atomic E-state index is 0.300. The van der Waals surface area contributed by atoms with Crippen LogP contribution >= 0.6 is 0 Å². The highest BCUT2D eigenvalue weighted by Gasteiger charge is 2.30. The summed E-state index contributed by atoms with van der Waals surface area (Å²) in [7, 11) is 3.94. The van der Waals surface area contributed by atoms with E-state index in [0.717, 1.165) is 77.0 Å². The van der Waals surface area contributed by atoms with E-state index in [2.05, 4.69) is 53.8 Å². The first-order valence-electron chi connectivity index (χ1n) is 12.3. The van der Waals surface area contributed by atoms with Gasteiger partial charge in [-0.2, -0.15) is 0 Å². The molecule has 3 atom stereocenters. The van der Waals surface area contributed by atoms with Gasteiger partial charge in [-0.05, 0) is 76.2 Å². The Morgan fingerprint density at radius 2 is 2.03 bits per heavy atom. The number of aliphatic imine (C=N–C) groups is 1. The Labute approximate surface area is 193 Å². The number of rotatable bonds is 11. The molecule has 7 nitrogen and oxygen atoms in total. The van der Waals surface area contributed by atoms with E-state index in [-0.39, 0.29) is 0 Å². The van der Waals surface area contributed by atoms with Gasteiger partial charge in [0.2, 0.25) is 0 Å². The Balaban J connectivity index is 1.48. The first-order valence-corrected chi connectivity index (χ1v) is 12.3. The summed E-state index contributed by atoms with van der Waals surface area (Å²) in [6.07, 6.45) is 5.96. The molecule has 0 aliphatic carbocycles. The molecule has 2 fully saturated rings.